The Balaban J connectivity index is 1.28. The van der Waals surface area contributed by atoms with E-state index in [4.69, 9.17) is 4.42 Å². The minimum Gasteiger partial charge on any atom is -0.444 e. The van der Waals surface area contributed by atoms with Gasteiger partial charge in [-0.15, -0.1) is 0 Å². The van der Waals surface area contributed by atoms with E-state index in [-0.39, 0.29) is 50.0 Å². The molecule has 4 aromatic carbocycles. The molecule has 0 spiro atoms. The SMILES string of the molecule is Cc1cc2c3c(c1)N(c1ccc4c(c1)C(C)(C)CCC4(C)C)c1oc4c(c1B3c1cc3c(cc1N2c1ccc2c(c1)C(C)(C)CCC2(C)C)C(C)(C)CCC3(C)C)C(C)(C)CCC4(C)C. The maximum atomic E-state index is 7.71. The van der Waals surface area contributed by atoms with Crippen LogP contribution in [0.4, 0.5) is 34.3 Å². The third-order valence-corrected chi connectivity index (χ3v) is 18.9. The molecule has 0 N–H and O–H groups in total. The zero-order chi connectivity index (χ0) is 46.6. The zero-order valence-corrected chi connectivity index (χ0v) is 43.3. The molecule has 340 valence electrons. The van der Waals surface area contributed by atoms with Gasteiger partial charge >= 0.3 is 0 Å². The van der Waals surface area contributed by atoms with E-state index in [0.29, 0.717) is 0 Å². The van der Waals surface area contributed by atoms with E-state index in [1.807, 2.05) is 0 Å². The van der Waals surface area contributed by atoms with Gasteiger partial charge in [-0.25, -0.2) is 0 Å². The van der Waals surface area contributed by atoms with Gasteiger partial charge in [0.2, 0.25) is 0 Å². The lowest BCUT2D eigenvalue weighted by Gasteiger charge is -2.48. The zero-order valence-electron chi connectivity index (χ0n) is 43.3. The third-order valence-electron chi connectivity index (χ3n) is 18.9. The molecule has 0 amide bonds. The van der Waals surface area contributed by atoms with Gasteiger partial charge in [0.05, 0.1) is 0 Å². The smallest absolute Gasteiger partial charge is 0.256 e. The van der Waals surface area contributed by atoms with Crippen LogP contribution in [0.25, 0.3) is 0 Å². The van der Waals surface area contributed by atoms with Gasteiger partial charge in [-0.3, -0.25) is 4.90 Å². The first-order valence-corrected chi connectivity index (χ1v) is 25.5. The molecule has 0 bridgehead atoms. The summed E-state index contributed by atoms with van der Waals surface area (Å²) in [6.45, 7) is 41.9. The molecule has 65 heavy (non-hydrogen) atoms. The molecule has 0 radical (unpaired) electrons. The molecule has 6 aliphatic rings. The van der Waals surface area contributed by atoms with Crippen molar-refractivity contribution in [2.24, 2.45) is 0 Å². The summed E-state index contributed by atoms with van der Waals surface area (Å²) in [6, 6.07) is 25.5. The fourth-order valence-electron chi connectivity index (χ4n) is 14.0. The lowest BCUT2D eigenvalue weighted by atomic mass is 9.32. The number of furan rings is 1. The van der Waals surface area contributed by atoms with Crippen LogP contribution in [0, 0.1) is 6.92 Å². The minimum absolute atomic E-state index is 0.0194. The third kappa shape index (κ3) is 6.05. The van der Waals surface area contributed by atoms with E-state index in [1.54, 1.807) is 0 Å². The van der Waals surface area contributed by atoms with Crippen molar-refractivity contribution in [3.8, 4) is 0 Å². The Morgan fingerprint density at radius 3 is 1.31 bits per heavy atom. The van der Waals surface area contributed by atoms with Crippen molar-refractivity contribution in [2.45, 2.75) is 212 Å². The molecule has 3 nitrogen and oxygen atoms in total. The second-order valence-corrected chi connectivity index (χ2v) is 27.3. The van der Waals surface area contributed by atoms with Gasteiger partial charge in [0.15, 0.2) is 5.88 Å². The standard InChI is InChI=1S/C61H77BN2O/c1-36-30-47-50-48(31-36)64(38-19-21-40-42(33-38)57(8,9)25-23-55(40,4)5)53-51(49-52(65-53)61(16,17)29-28-60(49,14)15)62(50)45-34-43-44(59(12,13)27-26-58(43,10)11)35-46(45)63(47)37-18-20-39-41(32-37)56(6,7)24-22-54(39,2)3/h18-21,30-35H,22-29H2,1-17H3. The molecular weight excluding hydrogens is 787 g/mol. The summed E-state index contributed by atoms with van der Waals surface area (Å²) >= 11 is 0. The Morgan fingerprint density at radius 1 is 0.400 bits per heavy atom. The van der Waals surface area contributed by atoms with Crippen LogP contribution in [0.3, 0.4) is 0 Å². The van der Waals surface area contributed by atoms with E-state index in [2.05, 4.69) is 188 Å². The molecule has 1 aromatic heterocycles. The predicted molar refractivity (Wildman–Crippen MR) is 279 cm³/mol. The van der Waals surface area contributed by atoms with Crippen molar-refractivity contribution >= 4 is 57.4 Å². The number of nitrogens with zero attached hydrogens (tertiary/aromatic N) is 2. The molecule has 5 aromatic rings. The summed E-state index contributed by atoms with van der Waals surface area (Å²) in [7, 11) is 0. The van der Waals surface area contributed by atoms with Gasteiger partial charge < -0.3 is 9.32 Å². The monoisotopic (exact) mass is 865 g/mol. The average Bonchev–Trinajstić information content (AvgIpc) is 3.64. The van der Waals surface area contributed by atoms with E-state index in [0.717, 1.165) is 18.7 Å². The van der Waals surface area contributed by atoms with E-state index in [1.165, 1.54) is 134 Å². The molecule has 2 aliphatic heterocycles. The van der Waals surface area contributed by atoms with Gasteiger partial charge in [-0.05, 0) is 200 Å². The fraction of sp³-hybridized carbons (Fsp3) is 0.541. The molecule has 0 unspecified atom stereocenters. The van der Waals surface area contributed by atoms with Gasteiger partial charge in [0.1, 0.15) is 5.76 Å². The number of hydrogen-bond acceptors (Lipinski definition) is 3. The van der Waals surface area contributed by atoms with Crippen LogP contribution in [-0.4, -0.2) is 6.71 Å². The average molecular weight is 865 g/mol. The van der Waals surface area contributed by atoms with E-state index < -0.39 is 0 Å². The number of anilines is 6. The first-order chi connectivity index (χ1) is 30.1. The lowest BCUT2D eigenvalue weighted by molar-refractivity contribution is 0.280. The number of rotatable bonds is 2. The Morgan fingerprint density at radius 2 is 0.800 bits per heavy atom. The van der Waals surface area contributed by atoms with E-state index in [9.17, 15) is 0 Å². The quantitative estimate of drug-likeness (QED) is 0.161. The molecular formula is C61H77BN2O. The molecule has 0 fully saturated rings. The number of hydrogen-bond donors (Lipinski definition) is 0. The Kier molecular flexibility index (Phi) is 8.73. The van der Waals surface area contributed by atoms with Crippen molar-refractivity contribution < 1.29 is 4.42 Å². The Labute approximate surface area is 393 Å². The molecule has 0 saturated carbocycles. The van der Waals surface area contributed by atoms with Crippen LogP contribution in [0.5, 0.6) is 0 Å². The van der Waals surface area contributed by atoms with Gasteiger partial charge in [0.25, 0.3) is 6.71 Å². The number of benzene rings is 4. The highest BCUT2D eigenvalue weighted by atomic mass is 16.4. The van der Waals surface area contributed by atoms with Crippen molar-refractivity contribution in [2.75, 3.05) is 9.80 Å². The maximum absolute atomic E-state index is 7.71. The highest BCUT2D eigenvalue weighted by Gasteiger charge is 2.54. The largest absolute Gasteiger partial charge is 0.444 e. The molecule has 3 heterocycles. The predicted octanol–water partition coefficient (Wildman–Crippen LogP) is 15.1. The van der Waals surface area contributed by atoms with Gasteiger partial charge in [0, 0.05) is 33.9 Å². The summed E-state index contributed by atoms with van der Waals surface area (Å²) in [5, 5.41) is 0. The van der Waals surface area contributed by atoms with Crippen LogP contribution in [0.1, 0.15) is 212 Å². The second-order valence-electron chi connectivity index (χ2n) is 27.3. The lowest BCUT2D eigenvalue weighted by Crippen LogP contribution is -2.63. The van der Waals surface area contributed by atoms with Crippen LogP contribution in [0.15, 0.2) is 65.1 Å². The normalized spacial score (nSPS) is 23.6. The Bertz CT molecular complexity index is 2870. The van der Waals surface area contributed by atoms with E-state index >= 15 is 0 Å². The summed E-state index contributed by atoms with van der Waals surface area (Å²) in [6.07, 6.45) is 9.39. The van der Waals surface area contributed by atoms with Crippen molar-refractivity contribution in [3.63, 3.8) is 0 Å². The highest BCUT2D eigenvalue weighted by molar-refractivity contribution is 7.00. The topological polar surface area (TPSA) is 19.6 Å². The fourth-order valence-corrected chi connectivity index (χ4v) is 14.0. The highest BCUT2D eigenvalue weighted by Crippen LogP contribution is 2.56. The second kappa shape index (κ2) is 13.1. The molecule has 0 atom stereocenters. The first kappa shape index (κ1) is 43.4. The van der Waals surface area contributed by atoms with Crippen LogP contribution in [0.2, 0.25) is 0 Å². The summed E-state index contributed by atoms with van der Waals surface area (Å²) < 4.78 is 7.71. The van der Waals surface area contributed by atoms with Crippen molar-refractivity contribution in [1.82, 2.24) is 0 Å². The van der Waals surface area contributed by atoms with Gasteiger partial charge in [-0.1, -0.05) is 129 Å². The summed E-state index contributed by atoms with van der Waals surface area (Å²) in [5.74, 6) is 2.23. The first-order valence-electron chi connectivity index (χ1n) is 25.5. The number of aryl methyl sites for hydroxylation is 1. The summed E-state index contributed by atoms with van der Waals surface area (Å²) in [5.41, 5.74) is 22.8. The maximum Gasteiger partial charge on any atom is 0.256 e. The minimum atomic E-state index is -0.0875. The van der Waals surface area contributed by atoms with Crippen LogP contribution in [-0.2, 0) is 43.3 Å². The van der Waals surface area contributed by atoms with Crippen LogP contribution >= 0.6 is 0 Å². The molecule has 4 heteroatoms. The number of fused-ring (bicyclic) bond motifs is 9. The van der Waals surface area contributed by atoms with Gasteiger partial charge in [-0.2, -0.15) is 0 Å². The Hall–Kier alpha value is -4.18. The van der Waals surface area contributed by atoms with Crippen molar-refractivity contribution in [3.05, 3.63) is 111 Å². The van der Waals surface area contributed by atoms with Crippen LogP contribution < -0.4 is 26.2 Å². The molecule has 11 rings (SSSR count). The summed E-state index contributed by atoms with van der Waals surface area (Å²) in [4.78, 5) is 5.31. The van der Waals surface area contributed by atoms with Crippen molar-refractivity contribution in [1.29, 1.82) is 0 Å². The molecule has 0 saturated heterocycles. The molecule has 4 aliphatic carbocycles.